The SMILES string of the molecule is NCc1cc(S(=O)(=O)NC2CCCCC2)ccc1Cl. The van der Waals surface area contributed by atoms with Gasteiger partial charge in [0.15, 0.2) is 0 Å². The fraction of sp³-hybridized carbons (Fsp3) is 0.538. The first kappa shape index (κ1) is 14.8. The molecule has 4 nitrogen and oxygen atoms in total. The molecular weight excluding hydrogens is 284 g/mol. The number of sulfonamides is 1. The van der Waals surface area contributed by atoms with Crippen LogP contribution in [0, 0.1) is 0 Å². The summed E-state index contributed by atoms with van der Waals surface area (Å²) >= 11 is 5.94. The maximum atomic E-state index is 12.3. The van der Waals surface area contributed by atoms with Gasteiger partial charge >= 0.3 is 0 Å². The molecule has 1 aliphatic rings. The minimum absolute atomic E-state index is 0.0516. The molecule has 0 aliphatic heterocycles. The second-order valence-corrected chi connectivity index (χ2v) is 7.03. The molecule has 2 rings (SSSR count). The molecule has 0 radical (unpaired) electrons. The van der Waals surface area contributed by atoms with E-state index in [-0.39, 0.29) is 17.5 Å². The molecule has 1 aromatic rings. The lowest BCUT2D eigenvalue weighted by Crippen LogP contribution is -2.36. The van der Waals surface area contributed by atoms with Crippen molar-refractivity contribution in [3.63, 3.8) is 0 Å². The van der Waals surface area contributed by atoms with Crippen LogP contribution in [-0.2, 0) is 16.6 Å². The van der Waals surface area contributed by atoms with E-state index in [9.17, 15) is 8.42 Å². The summed E-state index contributed by atoms with van der Waals surface area (Å²) in [5.74, 6) is 0. The maximum absolute atomic E-state index is 12.3. The number of hydrogen-bond donors (Lipinski definition) is 2. The highest BCUT2D eigenvalue weighted by molar-refractivity contribution is 7.89. The zero-order chi connectivity index (χ0) is 13.9. The van der Waals surface area contributed by atoms with Crippen LogP contribution in [0.5, 0.6) is 0 Å². The topological polar surface area (TPSA) is 72.2 Å². The van der Waals surface area contributed by atoms with Gasteiger partial charge in [-0.2, -0.15) is 0 Å². The Morgan fingerprint density at radius 3 is 2.58 bits per heavy atom. The molecule has 6 heteroatoms. The van der Waals surface area contributed by atoms with Crippen LogP contribution in [-0.4, -0.2) is 14.5 Å². The summed E-state index contributed by atoms with van der Waals surface area (Å²) in [6, 6.07) is 4.70. The number of hydrogen-bond acceptors (Lipinski definition) is 3. The van der Waals surface area contributed by atoms with Gasteiger partial charge in [-0.15, -0.1) is 0 Å². The van der Waals surface area contributed by atoms with E-state index in [0.29, 0.717) is 10.6 Å². The molecule has 1 aromatic carbocycles. The summed E-state index contributed by atoms with van der Waals surface area (Å²) in [5.41, 5.74) is 6.19. The predicted molar refractivity (Wildman–Crippen MR) is 76.5 cm³/mol. The average Bonchev–Trinajstić information content (AvgIpc) is 2.39. The Morgan fingerprint density at radius 2 is 1.95 bits per heavy atom. The van der Waals surface area contributed by atoms with Crippen LogP contribution in [0.2, 0.25) is 5.02 Å². The summed E-state index contributed by atoms with van der Waals surface area (Å²) in [6.07, 6.45) is 5.19. The molecule has 0 unspecified atom stereocenters. The van der Waals surface area contributed by atoms with Crippen LogP contribution >= 0.6 is 11.6 Å². The molecule has 0 heterocycles. The summed E-state index contributed by atoms with van der Waals surface area (Å²) in [4.78, 5) is 0.239. The van der Waals surface area contributed by atoms with Crippen molar-refractivity contribution in [3.8, 4) is 0 Å². The third-order valence-electron chi connectivity index (χ3n) is 3.47. The van der Waals surface area contributed by atoms with Gasteiger partial charge in [0.2, 0.25) is 10.0 Å². The van der Waals surface area contributed by atoms with Crippen LogP contribution in [0.4, 0.5) is 0 Å². The van der Waals surface area contributed by atoms with Gasteiger partial charge in [-0.3, -0.25) is 0 Å². The van der Waals surface area contributed by atoms with Crippen molar-refractivity contribution >= 4 is 21.6 Å². The van der Waals surface area contributed by atoms with Crippen LogP contribution < -0.4 is 10.5 Å². The highest BCUT2D eigenvalue weighted by Crippen LogP contribution is 2.22. The molecule has 0 saturated heterocycles. The van der Waals surface area contributed by atoms with Crippen molar-refractivity contribution in [2.45, 2.75) is 49.6 Å². The van der Waals surface area contributed by atoms with Crippen molar-refractivity contribution in [2.75, 3.05) is 0 Å². The minimum atomic E-state index is -3.47. The van der Waals surface area contributed by atoms with E-state index >= 15 is 0 Å². The monoisotopic (exact) mass is 302 g/mol. The van der Waals surface area contributed by atoms with E-state index in [1.165, 1.54) is 12.5 Å². The average molecular weight is 303 g/mol. The Morgan fingerprint density at radius 1 is 1.26 bits per heavy atom. The second kappa shape index (κ2) is 6.22. The Labute approximate surface area is 119 Å². The maximum Gasteiger partial charge on any atom is 0.240 e. The molecule has 0 aromatic heterocycles. The molecular formula is C13H19ClN2O2S. The lowest BCUT2D eigenvalue weighted by atomic mass is 9.96. The van der Waals surface area contributed by atoms with Gasteiger partial charge in [-0.25, -0.2) is 13.1 Å². The van der Waals surface area contributed by atoms with Gasteiger partial charge in [-0.1, -0.05) is 30.9 Å². The molecule has 106 valence electrons. The smallest absolute Gasteiger partial charge is 0.240 e. The van der Waals surface area contributed by atoms with Crippen molar-refractivity contribution in [2.24, 2.45) is 5.73 Å². The van der Waals surface area contributed by atoms with Crippen molar-refractivity contribution in [1.29, 1.82) is 0 Å². The Balaban J connectivity index is 2.18. The molecule has 19 heavy (non-hydrogen) atoms. The van der Waals surface area contributed by atoms with E-state index in [1.807, 2.05) is 0 Å². The summed E-state index contributed by atoms with van der Waals surface area (Å²) in [6.45, 7) is 0.228. The number of nitrogens with two attached hydrogens (primary N) is 1. The number of halogens is 1. The third kappa shape index (κ3) is 3.69. The first-order valence-electron chi connectivity index (χ1n) is 6.54. The largest absolute Gasteiger partial charge is 0.326 e. The molecule has 0 bridgehead atoms. The number of benzene rings is 1. The van der Waals surface area contributed by atoms with Crippen LogP contribution in [0.3, 0.4) is 0 Å². The van der Waals surface area contributed by atoms with Crippen molar-refractivity contribution < 1.29 is 8.42 Å². The molecule has 1 fully saturated rings. The zero-order valence-electron chi connectivity index (χ0n) is 10.7. The van der Waals surface area contributed by atoms with E-state index in [4.69, 9.17) is 17.3 Å². The molecule has 1 aliphatic carbocycles. The standard InChI is InChI=1S/C13H19ClN2O2S/c14-13-7-6-12(8-10(13)9-15)19(17,18)16-11-4-2-1-3-5-11/h6-8,11,16H,1-5,9,15H2. The Kier molecular flexibility index (Phi) is 4.84. The fourth-order valence-corrected chi connectivity index (χ4v) is 3.93. The molecule has 0 spiro atoms. The Bertz CT molecular complexity index is 540. The van der Waals surface area contributed by atoms with Crippen molar-refractivity contribution in [3.05, 3.63) is 28.8 Å². The summed E-state index contributed by atoms with van der Waals surface area (Å²) in [5, 5.41) is 0.499. The van der Waals surface area contributed by atoms with E-state index < -0.39 is 10.0 Å². The quantitative estimate of drug-likeness (QED) is 0.897. The molecule has 0 amide bonds. The number of rotatable bonds is 4. The van der Waals surface area contributed by atoms with Gasteiger partial charge in [0.1, 0.15) is 0 Å². The van der Waals surface area contributed by atoms with Gasteiger partial charge in [0.25, 0.3) is 0 Å². The molecule has 1 saturated carbocycles. The highest BCUT2D eigenvalue weighted by atomic mass is 35.5. The van der Waals surface area contributed by atoms with Crippen LogP contribution in [0.1, 0.15) is 37.7 Å². The lowest BCUT2D eigenvalue weighted by molar-refractivity contribution is 0.412. The van der Waals surface area contributed by atoms with Gasteiger partial charge in [0.05, 0.1) is 4.90 Å². The Hall–Kier alpha value is -0.620. The van der Waals surface area contributed by atoms with Crippen LogP contribution in [0.25, 0.3) is 0 Å². The fourth-order valence-electron chi connectivity index (χ4n) is 2.38. The zero-order valence-corrected chi connectivity index (χ0v) is 12.3. The lowest BCUT2D eigenvalue weighted by Gasteiger charge is -2.22. The van der Waals surface area contributed by atoms with Gasteiger partial charge in [0, 0.05) is 17.6 Å². The first-order valence-corrected chi connectivity index (χ1v) is 8.40. The minimum Gasteiger partial charge on any atom is -0.326 e. The van der Waals surface area contributed by atoms with Crippen LogP contribution in [0.15, 0.2) is 23.1 Å². The van der Waals surface area contributed by atoms with Gasteiger partial charge in [-0.05, 0) is 36.6 Å². The number of nitrogens with one attached hydrogen (secondary N) is 1. The predicted octanol–water partition coefficient (Wildman–Crippen LogP) is 2.41. The molecule has 3 N–H and O–H groups in total. The first-order chi connectivity index (χ1) is 9.03. The van der Waals surface area contributed by atoms with E-state index in [0.717, 1.165) is 25.7 Å². The summed E-state index contributed by atoms with van der Waals surface area (Å²) < 4.78 is 27.3. The third-order valence-corrected chi connectivity index (χ3v) is 5.36. The normalized spacial score (nSPS) is 17.6. The van der Waals surface area contributed by atoms with E-state index in [1.54, 1.807) is 12.1 Å². The summed E-state index contributed by atoms with van der Waals surface area (Å²) in [7, 11) is -3.47. The second-order valence-electron chi connectivity index (χ2n) is 4.91. The molecule has 0 atom stereocenters. The van der Waals surface area contributed by atoms with Gasteiger partial charge < -0.3 is 5.73 Å². The van der Waals surface area contributed by atoms with Crippen molar-refractivity contribution in [1.82, 2.24) is 4.72 Å². The highest BCUT2D eigenvalue weighted by Gasteiger charge is 2.22. The van der Waals surface area contributed by atoms with E-state index in [2.05, 4.69) is 4.72 Å².